The fourth-order valence-corrected chi connectivity index (χ4v) is 8.39. The van der Waals surface area contributed by atoms with Crippen LogP contribution in [0.5, 0.6) is 0 Å². The van der Waals surface area contributed by atoms with E-state index < -0.39 is 0 Å². The molecule has 0 aromatic heterocycles. The van der Waals surface area contributed by atoms with Gasteiger partial charge in [0.25, 0.3) is 0 Å². The van der Waals surface area contributed by atoms with Gasteiger partial charge in [-0.25, -0.2) is 0 Å². The minimum absolute atomic E-state index is 0.371. The van der Waals surface area contributed by atoms with Crippen LogP contribution < -0.4 is 16.2 Å². The van der Waals surface area contributed by atoms with E-state index in [4.69, 9.17) is 0 Å². The molecule has 35 heavy (non-hydrogen) atoms. The molecule has 0 saturated heterocycles. The molecule has 0 nitrogen and oxygen atoms in total. The van der Waals surface area contributed by atoms with Gasteiger partial charge in [-0.1, -0.05) is 122 Å². The van der Waals surface area contributed by atoms with Crippen LogP contribution in [-0.2, 0) is 0 Å². The summed E-state index contributed by atoms with van der Waals surface area (Å²) in [5.41, 5.74) is 16.1. The molecule has 1 unspecified atom stereocenters. The predicted molar refractivity (Wildman–Crippen MR) is 163 cm³/mol. The van der Waals surface area contributed by atoms with Crippen molar-refractivity contribution in [1.29, 1.82) is 0 Å². The molecule has 0 aliphatic carbocycles. The molecule has 0 amide bonds. The Kier molecular flexibility index (Phi) is 8.75. The highest BCUT2D eigenvalue weighted by Gasteiger charge is 2.29. The van der Waals surface area contributed by atoms with Gasteiger partial charge in [0.1, 0.15) is 0 Å². The number of aryl methyl sites for hydroxylation is 6. The third-order valence-electron chi connectivity index (χ3n) is 7.47. The maximum absolute atomic E-state index is 2.52. The van der Waals surface area contributed by atoms with Gasteiger partial charge in [-0.3, -0.25) is 0 Å². The summed E-state index contributed by atoms with van der Waals surface area (Å²) >= 11 is 0. The lowest BCUT2D eigenvalue weighted by molar-refractivity contribution is 0.813. The molecule has 186 valence electrons. The van der Waals surface area contributed by atoms with Crippen molar-refractivity contribution in [3.05, 3.63) is 86.5 Å². The second-order valence-corrected chi connectivity index (χ2v) is 13.1. The van der Waals surface area contributed by atoms with Crippen LogP contribution in [-0.4, -0.2) is 6.43 Å². The van der Waals surface area contributed by atoms with Crippen molar-refractivity contribution in [2.75, 3.05) is 0 Å². The fourth-order valence-electron chi connectivity index (χ4n) is 5.85. The minimum atomic E-state index is 0.371. The SMILES string of the molecule is Cc1cc(C)c(B(Pc2c(C(C)C)cc(C(C)C)cc2C(C)C)c2c(C)cc(C)cc2C)c(C)c1. The van der Waals surface area contributed by atoms with Crippen molar-refractivity contribution in [2.24, 2.45) is 0 Å². The lowest BCUT2D eigenvalue weighted by Crippen LogP contribution is -2.46. The Morgan fingerprint density at radius 1 is 0.514 bits per heavy atom. The van der Waals surface area contributed by atoms with Crippen molar-refractivity contribution >= 4 is 31.1 Å². The summed E-state index contributed by atoms with van der Waals surface area (Å²) < 4.78 is 0. The van der Waals surface area contributed by atoms with E-state index in [2.05, 4.69) is 119 Å². The van der Waals surface area contributed by atoms with E-state index >= 15 is 0 Å². The fraction of sp³-hybridized carbons (Fsp3) is 0.455. The average molecular weight is 485 g/mol. The van der Waals surface area contributed by atoms with Crippen molar-refractivity contribution in [1.82, 2.24) is 0 Å². The van der Waals surface area contributed by atoms with Gasteiger partial charge in [-0.05, 0) is 81.3 Å². The summed E-state index contributed by atoms with van der Waals surface area (Å²) in [6.07, 6.45) is 0.371. The van der Waals surface area contributed by atoms with Crippen molar-refractivity contribution < 1.29 is 0 Å². The molecule has 0 aliphatic rings. The first-order valence-corrected chi connectivity index (χ1v) is 14.5. The quantitative estimate of drug-likeness (QED) is 0.235. The molecule has 0 spiro atoms. The predicted octanol–water partition coefficient (Wildman–Crippen LogP) is 8.02. The van der Waals surface area contributed by atoms with Crippen LogP contribution in [0.1, 0.15) is 109 Å². The molecule has 1 atom stereocenters. The highest BCUT2D eigenvalue weighted by molar-refractivity contribution is 7.86. The summed E-state index contributed by atoms with van der Waals surface area (Å²) in [6, 6.07) is 14.6. The molecule has 3 aromatic rings. The normalized spacial score (nSPS) is 12.1. The Morgan fingerprint density at radius 3 is 1.14 bits per heavy atom. The van der Waals surface area contributed by atoms with Gasteiger partial charge < -0.3 is 0 Å². The topological polar surface area (TPSA) is 0 Å². The highest BCUT2D eigenvalue weighted by Crippen LogP contribution is 2.33. The second kappa shape index (κ2) is 11.0. The summed E-state index contributed by atoms with van der Waals surface area (Å²) in [7, 11) is 0.703. The Labute approximate surface area is 218 Å². The van der Waals surface area contributed by atoms with E-state index in [0.717, 1.165) is 0 Å². The molecule has 0 radical (unpaired) electrons. The first-order chi connectivity index (χ1) is 16.3. The molecule has 3 aromatic carbocycles. The summed E-state index contributed by atoms with van der Waals surface area (Å²) in [5, 5.41) is 1.60. The molecule has 2 heteroatoms. The van der Waals surface area contributed by atoms with Crippen LogP contribution >= 0.6 is 8.46 Å². The van der Waals surface area contributed by atoms with E-state index in [0.29, 0.717) is 32.6 Å². The molecular weight excluding hydrogens is 438 g/mol. The number of hydrogen-bond acceptors (Lipinski definition) is 0. The summed E-state index contributed by atoms with van der Waals surface area (Å²) in [6.45, 7) is 27.9. The Balaban J connectivity index is 2.36. The molecule has 0 heterocycles. The first kappa shape index (κ1) is 27.7. The zero-order chi connectivity index (χ0) is 26.2. The van der Waals surface area contributed by atoms with Gasteiger partial charge in [-0.2, -0.15) is 0 Å². The van der Waals surface area contributed by atoms with Gasteiger partial charge in [0.05, 0.1) is 0 Å². The van der Waals surface area contributed by atoms with Crippen molar-refractivity contribution in [2.45, 2.75) is 101 Å². The largest absolute Gasteiger partial charge is 0.240 e. The van der Waals surface area contributed by atoms with Crippen LogP contribution in [0.3, 0.4) is 0 Å². The number of rotatable bonds is 7. The lowest BCUT2D eigenvalue weighted by atomic mass is 9.56. The van der Waals surface area contributed by atoms with Crippen LogP contribution in [0.2, 0.25) is 0 Å². The Hall–Kier alpha value is -1.85. The Bertz CT molecular complexity index is 1080. The van der Waals surface area contributed by atoms with Crippen molar-refractivity contribution in [3.63, 3.8) is 0 Å². The van der Waals surface area contributed by atoms with Gasteiger partial charge in [-0.15, -0.1) is 8.46 Å². The third-order valence-corrected chi connectivity index (χ3v) is 9.21. The monoisotopic (exact) mass is 484 g/mol. The summed E-state index contributed by atoms with van der Waals surface area (Å²) in [4.78, 5) is 0. The van der Waals surface area contributed by atoms with Crippen LogP contribution in [0.4, 0.5) is 0 Å². The number of benzene rings is 3. The van der Waals surface area contributed by atoms with Crippen LogP contribution in [0.25, 0.3) is 0 Å². The zero-order valence-corrected chi connectivity index (χ0v) is 25.3. The first-order valence-electron chi connectivity index (χ1n) is 13.4. The van der Waals surface area contributed by atoms with Crippen LogP contribution in [0, 0.1) is 41.5 Å². The molecule has 3 rings (SSSR count). The smallest absolute Gasteiger partial charge is 0.113 e. The minimum Gasteiger partial charge on any atom is -0.113 e. The molecule has 0 saturated carbocycles. The van der Waals surface area contributed by atoms with Crippen molar-refractivity contribution in [3.8, 4) is 0 Å². The standard InChI is InChI=1S/C33H46BP/c1-19(2)28-17-29(20(3)4)33(30(18-28)21(5)6)35-34(31-24(9)13-22(7)14-25(31)10)32-26(11)15-23(8)16-27(32)12/h13-21,35H,1-12H3. The van der Waals surface area contributed by atoms with E-state index in [1.165, 1.54) is 49.9 Å². The second-order valence-electron chi connectivity index (χ2n) is 11.7. The number of hydrogen-bond donors (Lipinski definition) is 0. The average Bonchev–Trinajstić information content (AvgIpc) is 2.71. The summed E-state index contributed by atoms with van der Waals surface area (Å²) in [5.74, 6) is 1.56. The third kappa shape index (κ3) is 5.94. The Morgan fingerprint density at radius 2 is 0.857 bits per heavy atom. The molecule has 0 aliphatic heterocycles. The van der Waals surface area contributed by atoms with Gasteiger partial charge in [0.2, 0.25) is 6.43 Å². The van der Waals surface area contributed by atoms with Crippen LogP contribution in [0.15, 0.2) is 36.4 Å². The van der Waals surface area contributed by atoms with E-state index in [9.17, 15) is 0 Å². The van der Waals surface area contributed by atoms with Gasteiger partial charge in [0.15, 0.2) is 0 Å². The maximum Gasteiger partial charge on any atom is 0.240 e. The van der Waals surface area contributed by atoms with E-state index in [1.54, 1.807) is 16.4 Å². The molecule has 0 fully saturated rings. The van der Waals surface area contributed by atoms with Gasteiger partial charge in [0, 0.05) is 0 Å². The van der Waals surface area contributed by atoms with E-state index in [1.807, 2.05) is 0 Å². The molecule has 0 bridgehead atoms. The molecular formula is C33H46BP. The highest BCUT2D eigenvalue weighted by atomic mass is 31.1. The maximum atomic E-state index is 2.52. The van der Waals surface area contributed by atoms with E-state index in [-0.39, 0.29) is 0 Å². The van der Waals surface area contributed by atoms with Gasteiger partial charge >= 0.3 is 0 Å². The lowest BCUT2D eigenvalue weighted by Gasteiger charge is -2.28. The zero-order valence-electron chi connectivity index (χ0n) is 24.3. The molecule has 0 N–H and O–H groups in total.